The lowest BCUT2D eigenvalue weighted by Gasteiger charge is -2.05. The van der Waals surface area contributed by atoms with Crippen molar-refractivity contribution in [2.24, 2.45) is 5.10 Å². The highest BCUT2D eigenvalue weighted by Crippen LogP contribution is 2.20. The Morgan fingerprint density at radius 3 is 2.40 bits per heavy atom. The van der Waals surface area contributed by atoms with Crippen molar-refractivity contribution in [1.82, 2.24) is 5.43 Å². The number of nitrogens with one attached hydrogen (secondary N) is 1. The second-order valence-corrected chi connectivity index (χ2v) is 8.28. The van der Waals surface area contributed by atoms with Crippen LogP contribution in [-0.4, -0.2) is 32.0 Å². The van der Waals surface area contributed by atoms with Crippen molar-refractivity contribution in [3.63, 3.8) is 0 Å². The molecule has 0 saturated carbocycles. The third-order valence-corrected chi connectivity index (χ3v) is 5.42. The van der Waals surface area contributed by atoms with Gasteiger partial charge in [0.1, 0.15) is 5.82 Å². The quantitative estimate of drug-likeness (QED) is 0.475. The fourth-order valence-electron chi connectivity index (χ4n) is 1.89. The Balaban J connectivity index is 1.94. The van der Waals surface area contributed by atoms with Gasteiger partial charge >= 0.3 is 0 Å². The molecule has 132 valence electrons. The molecular weight excluding hydrogens is 363 g/mol. The average molecular weight is 380 g/mol. The predicted octanol–water partition coefficient (Wildman–Crippen LogP) is 2.86. The molecule has 0 fully saturated rings. The molecule has 0 bridgehead atoms. The number of carbonyl (C=O) groups is 1. The first-order valence-corrected chi connectivity index (χ1v) is 10.2. The standard InChI is InChI=1S/C17H17FN2O3S2/c1-12(13-7-9-14(10-8-13)25(2,22)23)19-20-17(21)11-24-16-6-4-3-5-15(16)18/h3-10H,11H2,1-2H3,(H,20,21)/b19-12-. The van der Waals surface area contributed by atoms with Crippen molar-refractivity contribution in [2.45, 2.75) is 16.7 Å². The molecule has 0 saturated heterocycles. The lowest BCUT2D eigenvalue weighted by molar-refractivity contribution is -0.118. The van der Waals surface area contributed by atoms with Gasteiger partial charge in [0.05, 0.1) is 16.4 Å². The zero-order valence-corrected chi connectivity index (χ0v) is 15.3. The molecule has 2 rings (SSSR count). The molecule has 0 aliphatic heterocycles. The van der Waals surface area contributed by atoms with Crippen LogP contribution in [0.25, 0.3) is 0 Å². The van der Waals surface area contributed by atoms with E-state index in [4.69, 9.17) is 0 Å². The molecule has 0 spiro atoms. The van der Waals surface area contributed by atoms with E-state index >= 15 is 0 Å². The predicted molar refractivity (Wildman–Crippen MR) is 97.0 cm³/mol. The van der Waals surface area contributed by atoms with Gasteiger partial charge in [-0.2, -0.15) is 5.10 Å². The third-order valence-electron chi connectivity index (χ3n) is 3.24. The molecule has 0 atom stereocenters. The largest absolute Gasteiger partial charge is 0.272 e. The summed E-state index contributed by atoms with van der Waals surface area (Å²) in [6.07, 6.45) is 1.14. The van der Waals surface area contributed by atoms with Crippen LogP contribution < -0.4 is 5.43 Å². The number of sulfone groups is 1. The van der Waals surface area contributed by atoms with Crippen molar-refractivity contribution in [3.8, 4) is 0 Å². The molecule has 5 nitrogen and oxygen atoms in total. The molecule has 25 heavy (non-hydrogen) atoms. The van der Waals surface area contributed by atoms with Gasteiger partial charge in [0.25, 0.3) is 0 Å². The highest BCUT2D eigenvalue weighted by Gasteiger charge is 2.08. The topological polar surface area (TPSA) is 75.6 Å². The van der Waals surface area contributed by atoms with Gasteiger partial charge in [0, 0.05) is 11.2 Å². The number of rotatable bonds is 6. The molecule has 0 aliphatic rings. The normalized spacial score (nSPS) is 12.0. The average Bonchev–Trinajstić information content (AvgIpc) is 2.58. The molecule has 0 unspecified atom stereocenters. The van der Waals surface area contributed by atoms with E-state index in [0.717, 1.165) is 18.0 Å². The van der Waals surface area contributed by atoms with Gasteiger partial charge in [-0.1, -0.05) is 24.3 Å². The Hall–Kier alpha value is -2.19. The summed E-state index contributed by atoms with van der Waals surface area (Å²) < 4.78 is 36.3. The van der Waals surface area contributed by atoms with Crippen LogP contribution in [0.2, 0.25) is 0 Å². The van der Waals surface area contributed by atoms with E-state index in [1.54, 1.807) is 37.3 Å². The van der Waals surface area contributed by atoms with E-state index < -0.39 is 9.84 Å². The second kappa shape index (κ2) is 8.26. The number of hydrazone groups is 1. The molecule has 0 aromatic heterocycles. The van der Waals surface area contributed by atoms with Crippen molar-refractivity contribution < 1.29 is 17.6 Å². The maximum atomic E-state index is 13.5. The Kier molecular flexibility index (Phi) is 6.33. The summed E-state index contributed by atoms with van der Waals surface area (Å²) in [4.78, 5) is 12.4. The van der Waals surface area contributed by atoms with Gasteiger partial charge in [-0.25, -0.2) is 18.2 Å². The summed E-state index contributed by atoms with van der Waals surface area (Å²) in [6.45, 7) is 1.69. The van der Waals surface area contributed by atoms with Gasteiger partial charge in [0.15, 0.2) is 9.84 Å². The van der Waals surface area contributed by atoms with Gasteiger partial charge in [-0.05, 0) is 36.8 Å². The van der Waals surface area contributed by atoms with Crippen LogP contribution >= 0.6 is 11.8 Å². The Bertz CT molecular complexity index is 894. The van der Waals surface area contributed by atoms with Crippen LogP contribution in [0.15, 0.2) is 63.4 Å². The number of benzene rings is 2. The van der Waals surface area contributed by atoms with E-state index in [2.05, 4.69) is 10.5 Å². The van der Waals surface area contributed by atoms with E-state index in [1.807, 2.05) is 0 Å². The van der Waals surface area contributed by atoms with Gasteiger partial charge in [-0.15, -0.1) is 11.8 Å². The second-order valence-electron chi connectivity index (χ2n) is 5.25. The fourth-order valence-corrected chi connectivity index (χ4v) is 3.25. The van der Waals surface area contributed by atoms with Crippen molar-refractivity contribution in [2.75, 3.05) is 12.0 Å². The summed E-state index contributed by atoms with van der Waals surface area (Å²) >= 11 is 1.08. The first kappa shape index (κ1) is 19.1. The number of hydrogen-bond donors (Lipinski definition) is 1. The monoisotopic (exact) mass is 380 g/mol. The van der Waals surface area contributed by atoms with E-state index in [1.165, 1.54) is 18.2 Å². The summed E-state index contributed by atoms with van der Waals surface area (Å²) in [6, 6.07) is 12.4. The van der Waals surface area contributed by atoms with Gasteiger partial charge in [0.2, 0.25) is 5.91 Å². The minimum Gasteiger partial charge on any atom is -0.272 e. The summed E-state index contributed by atoms with van der Waals surface area (Å²) in [5.74, 6) is -0.698. The van der Waals surface area contributed by atoms with Crippen LogP contribution in [0, 0.1) is 5.82 Å². The van der Waals surface area contributed by atoms with Crippen molar-refractivity contribution in [3.05, 3.63) is 59.9 Å². The van der Waals surface area contributed by atoms with Crippen LogP contribution in [0.3, 0.4) is 0 Å². The smallest absolute Gasteiger partial charge is 0.250 e. The molecule has 1 N–H and O–H groups in total. The van der Waals surface area contributed by atoms with E-state index in [-0.39, 0.29) is 22.4 Å². The summed E-state index contributed by atoms with van der Waals surface area (Å²) in [5, 5.41) is 3.98. The van der Waals surface area contributed by atoms with E-state index in [9.17, 15) is 17.6 Å². The number of halogens is 1. The van der Waals surface area contributed by atoms with Crippen LogP contribution in [0.5, 0.6) is 0 Å². The molecular formula is C17H17FN2O3S2. The van der Waals surface area contributed by atoms with Crippen LogP contribution in [0.4, 0.5) is 4.39 Å². The van der Waals surface area contributed by atoms with Crippen LogP contribution in [-0.2, 0) is 14.6 Å². The molecule has 1 amide bonds. The number of amides is 1. The Labute approximate surface area is 150 Å². The summed E-state index contributed by atoms with van der Waals surface area (Å²) in [5.41, 5.74) is 3.62. The SMILES string of the molecule is C/C(=N/NC(=O)CSc1ccccc1F)c1ccc(S(C)(=O)=O)cc1. The number of thioether (sulfide) groups is 1. The Morgan fingerprint density at radius 2 is 1.80 bits per heavy atom. The highest BCUT2D eigenvalue weighted by molar-refractivity contribution is 8.00. The van der Waals surface area contributed by atoms with E-state index in [0.29, 0.717) is 16.2 Å². The van der Waals surface area contributed by atoms with Crippen LogP contribution in [0.1, 0.15) is 12.5 Å². The zero-order chi connectivity index (χ0) is 18.4. The minimum atomic E-state index is -3.25. The number of carbonyl (C=O) groups excluding carboxylic acids is 1. The number of hydrogen-bond acceptors (Lipinski definition) is 5. The highest BCUT2D eigenvalue weighted by atomic mass is 32.2. The lowest BCUT2D eigenvalue weighted by Crippen LogP contribution is -2.21. The third kappa shape index (κ3) is 5.68. The molecule has 2 aromatic rings. The van der Waals surface area contributed by atoms with Crippen molar-refractivity contribution >= 4 is 33.2 Å². The molecule has 0 heterocycles. The minimum absolute atomic E-state index is 0.0325. The van der Waals surface area contributed by atoms with Gasteiger partial charge < -0.3 is 0 Å². The Morgan fingerprint density at radius 1 is 1.16 bits per heavy atom. The first-order valence-electron chi connectivity index (χ1n) is 7.28. The number of nitrogens with zero attached hydrogens (tertiary/aromatic N) is 1. The maximum Gasteiger partial charge on any atom is 0.250 e. The van der Waals surface area contributed by atoms with Gasteiger partial charge in [-0.3, -0.25) is 4.79 Å². The maximum absolute atomic E-state index is 13.5. The lowest BCUT2D eigenvalue weighted by atomic mass is 10.1. The molecule has 0 radical (unpaired) electrons. The zero-order valence-electron chi connectivity index (χ0n) is 13.7. The van der Waals surface area contributed by atoms with Crippen molar-refractivity contribution in [1.29, 1.82) is 0 Å². The molecule has 2 aromatic carbocycles. The molecule has 0 aliphatic carbocycles. The summed E-state index contributed by atoms with van der Waals surface area (Å²) in [7, 11) is -3.25. The fraction of sp³-hybridized carbons (Fsp3) is 0.176. The first-order chi connectivity index (χ1) is 11.8. The molecule has 8 heteroatoms.